The summed E-state index contributed by atoms with van der Waals surface area (Å²) in [5, 5.41) is 7.47. The van der Waals surface area contributed by atoms with Gasteiger partial charge >= 0.3 is 0 Å². The normalized spacial score (nSPS) is 23.4. The lowest BCUT2D eigenvalue weighted by molar-refractivity contribution is 0.0838. The molecule has 0 unspecified atom stereocenters. The lowest BCUT2D eigenvalue weighted by Gasteiger charge is -2.41. The Kier molecular flexibility index (Phi) is 5.48. The summed E-state index contributed by atoms with van der Waals surface area (Å²) in [5.74, 6) is 0.353. The van der Waals surface area contributed by atoms with E-state index in [1.165, 1.54) is 64.2 Å². The third-order valence-corrected chi connectivity index (χ3v) is 4.73. The Morgan fingerprint density at radius 1 is 0.889 bits per heavy atom. The van der Waals surface area contributed by atoms with Crippen LogP contribution < -0.4 is 5.73 Å². The molecule has 0 aliphatic heterocycles. The predicted octanol–water partition coefficient (Wildman–Crippen LogP) is 3.28. The fourth-order valence-electron chi connectivity index (χ4n) is 3.74. The van der Waals surface area contributed by atoms with Gasteiger partial charge in [0.1, 0.15) is 0 Å². The molecule has 3 heteroatoms. The van der Waals surface area contributed by atoms with Gasteiger partial charge in [-0.15, -0.1) is 0 Å². The molecule has 2 fully saturated rings. The van der Waals surface area contributed by atoms with Gasteiger partial charge in [0.25, 0.3) is 0 Å². The Labute approximate surface area is 112 Å². The fourth-order valence-corrected chi connectivity index (χ4v) is 3.74. The Balaban J connectivity index is 1.93. The third kappa shape index (κ3) is 3.98. The summed E-state index contributed by atoms with van der Waals surface area (Å²) in [6, 6.07) is 1.56. The van der Waals surface area contributed by atoms with Crippen LogP contribution in [0.15, 0.2) is 0 Å². The molecule has 2 aliphatic carbocycles. The average molecular weight is 251 g/mol. The summed E-state index contributed by atoms with van der Waals surface area (Å²) >= 11 is 0. The van der Waals surface area contributed by atoms with Gasteiger partial charge in [0.2, 0.25) is 0 Å². The number of nitrogens with two attached hydrogens (primary N) is 1. The second-order valence-corrected chi connectivity index (χ2v) is 6.10. The number of hydrogen-bond donors (Lipinski definition) is 2. The molecule has 0 bridgehead atoms. The molecule has 3 nitrogen and oxygen atoms in total. The molecule has 104 valence electrons. The molecule has 0 aromatic rings. The first kappa shape index (κ1) is 13.9. The van der Waals surface area contributed by atoms with Crippen molar-refractivity contribution in [1.82, 2.24) is 4.90 Å². The highest BCUT2D eigenvalue weighted by Crippen LogP contribution is 2.30. The summed E-state index contributed by atoms with van der Waals surface area (Å²) in [4.78, 5) is 2.72. The van der Waals surface area contributed by atoms with Gasteiger partial charge < -0.3 is 5.73 Å². The first-order valence-corrected chi connectivity index (χ1v) is 7.86. The van der Waals surface area contributed by atoms with E-state index in [2.05, 4.69) is 4.90 Å². The number of hydrogen-bond acceptors (Lipinski definition) is 2. The van der Waals surface area contributed by atoms with E-state index in [1.807, 2.05) is 0 Å². The molecule has 0 radical (unpaired) electrons. The molecule has 0 amide bonds. The topological polar surface area (TPSA) is 53.1 Å². The van der Waals surface area contributed by atoms with Crippen molar-refractivity contribution >= 4 is 5.84 Å². The van der Waals surface area contributed by atoms with Gasteiger partial charge in [-0.2, -0.15) is 0 Å². The molecule has 0 spiro atoms. The summed E-state index contributed by atoms with van der Waals surface area (Å²) in [6.07, 6.45) is 14.7. The molecule has 2 rings (SSSR count). The summed E-state index contributed by atoms with van der Waals surface area (Å²) in [7, 11) is 0. The number of rotatable bonds is 5. The largest absolute Gasteiger partial charge is 0.388 e. The maximum Gasteiger partial charge on any atom is 0.0918 e. The van der Waals surface area contributed by atoms with E-state index in [-0.39, 0.29) is 0 Å². The van der Waals surface area contributed by atoms with Crippen molar-refractivity contribution in [3.8, 4) is 0 Å². The quantitative estimate of drug-likeness (QED) is 0.582. The van der Waals surface area contributed by atoms with Crippen LogP contribution in [0, 0.1) is 5.41 Å². The van der Waals surface area contributed by atoms with Gasteiger partial charge in [0, 0.05) is 25.0 Å². The molecule has 2 saturated carbocycles. The minimum Gasteiger partial charge on any atom is -0.388 e. The van der Waals surface area contributed by atoms with Crippen LogP contribution in [0.4, 0.5) is 0 Å². The number of nitrogens with zero attached hydrogens (tertiary/aromatic N) is 1. The maximum absolute atomic E-state index is 7.47. The van der Waals surface area contributed by atoms with E-state index in [1.54, 1.807) is 0 Å². The number of amidine groups is 1. The first-order valence-electron chi connectivity index (χ1n) is 7.86. The van der Waals surface area contributed by atoms with E-state index in [9.17, 15) is 0 Å². The van der Waals surface area contributed by atoms with Crippen LogP contribution in [-0.4, -0.2) is 29.4 Å². The molecule has 3 N–H and O–H groups in total. The van der Waals surface area contributed by atoms with Crippen molar-refractivity contribution < 1.29 is 0 Å². The SMILES string of the molecule is N=C(N)CCN(C1CCCCC1)C1CCCCC1. The highest BCUT2D eigenvalue weighted by Gasteiger charge is 2.28. The molecule has 0 aromatic heterocycles. The molecule has 0 saturated heterocycles. The van der Waals surface area contributed by atoms with E-state index in [0.717, 1.165) is 25.0 Å². The summed E-state index contributed by atoms with van der Waals surface area (Å²) < 4.78 is 0. The van der Waals surface area contributed by atoms with Crippen molar-refractivity contribution in [3.05, 3.63) is 0 Å². The van der Waals surface area contributed by atoms with Gasteiger partial charge in [-0.1, -0.05) is 38.5 Å². The van der Waals surface area contributed by atoms with Crippen molar-refractivity contribution in [1.29, 1.82) is 5.41 Å². The van der Waals surface area contributed by atoms with Gasteiger partial charge in [0.05, 0.1) is 5.84 Å². The minimum absolute atomic E-state index is 0.353. The molecule has 0 heterocycles. The van der Waals surface area contributed by atoms with Gasteiger partial charge in [-0.3, -0.25) is 10.3 Å². The highest BCUT2D eigenvalue weighted by atomic mass is 15.2. The van der Waals surface area contributed by atoms with Crippen molar-refractivity contribution in [3.63, 3.8) is 0 Å². The Morgan fingerprint density at radius 2 is 1.33 bits per heavy atom. The number of nitrogens with one attached hydrogen (secondary N) is 1. The standard InChI is InChI=1S/C15H29N3/c16-15(17)11-12-18(13-7-3-1-4-8-13)14-9-5-2-6-10-14/h13-14H,1-12H2,(H3,16,17). The van der Waals surface area contributed by atoms with E-state index < -0.39 is 0 Å². The summed E-state index contributed by atoms with van der Waals surface area (Å²) in [5.41, 5.74) is 5.56. The minimum atomic E-state index is 0.353. The molecule has 2 aliphatic rings. The van der Waals surface area contributed by atoms with E-state index >= 15 is 0 Å². The maximum atomic E-state index is 7.47. The lowest BCUT2D eigenvalue weighted by Crippen LogP contribution is -2.46. The van der Waals surface area contributed by atoms with Crippen LogP contribution in [-0.2, 0) is 0 Å². The van der Waals surface area contributed by atoms with Gasteiger partial charge in [0.15, 0.2) is 0 Å². The van der Waals surface area contributed by atoms with Crippen LogP contribution in [0.25, 0.3) is 0 Å². The second-order valence-electron chi connectivity index (χ2n) is 6.10. The predicted molar refractivity (Wildman–Crippen MR) is 77.0 cm³/mol. The van der Waals surface area contributed by atoms with Gasteiger partial charge in [-0.25, -0.2) is 0 Å². The van der Waals surface area contributed by atoms with Crippen LogP contribution in [0.2, 0.25) is 0 Å². The summed E-state index contributed by atoms with van der Waals surface area (Å²) in [6.45, 7) is 1.02. The monoisotopic (exact) mass is 251 g/mol. The molecular weight excluding hydrogens is 222 g/mol. The molecule has 0 atom stereocenters. The van der Waals surface area contributed by atoms with Crippen LogP contribution in [0.5, 0.6) is 0 Å². The lowest BCUT2D eigenvalue weighted by atomic mass is 9.88. The molecular formula is C15H29N3. The van der Waals surface area contributed by atoms with Crippen LogP contribution in [0.3, 0.4) is 0 Å². The van der Waals surface area contributed by atoms with E-state index in [0.29, 0.717) is 5.84 Å². The first-order chi connectivity index (χ1) is 8.77. The van der Waals surface area contributed by atoms with Crippen molar-refractivity contribution in [2.75, 3.05) is 6.54 Å². The zero-order valence-electron chi connectivity index (χ0n) is 11.7. The molecule has 0 aromatic carbocycles. The van der Waals surface area contributed by atoms with Crippen LogP contribution in [0.1, 0.15) is 70.6 Å². The smallest absolute Gasteiger partial charge is 0.0918 e. The fraction of sp³-hybridized carbons (Fsp3) is 0.933. The van der Waals surface area contributed by atoms with Gasteiger partial charge in [-0.05, 0) is 25.7 Å². The third-order valence-electron chi connectivity index (χ3n) is 4.73. The highest BCUT2D eigenvalue weighted by molar-refractivity contribution is 5.76. The van der Waals surface area contributed by atoms with Crippen molar-refractivity contribution in [2.24, 2.45) is 5.73 Å². The zero-order chi connectivity index (χ0) is 12.8. The molecule has 18 heavy (non-hydrogen) atoms. The average Bonchev–Trinajstić information content (AvgIpc) is 2.41. The Morgan fingerprint density at radius 3 is 1.72 bits per heavy atom. The second kappa shape index (κ2) is 7.13. The Bertz CT molecular complexity index is 234. The van der Waals surface area contributed by atoms with Crippen molar-refractivity contribution in [2.45, 2.75) is 82.7 Å². The Hall–Kier alpha value is -0.570. The zero-order valence-corrected chi connectivity index (χ0v) is 11.7. The van der Waals surface area contributed by atoms with E-state index in [4.69, 9.17) is 11.1 Å². The van der Waals surface area contributed by atoms with Crippen LogP contribution >= 0.6 is 0 Å².